The van der Waals surface area contributed by atoms with Crippen LogP contribution in [0, 0.1) is 13.8 Å². The molecular formula is C18H28N6O4S. The zero-order valence-electron chi connectivity index (χ0n) is 17.3. The number of nitrogens with zero attached hydrogens (tertiary/aromatic N) is 5. The van der Waals surface area contributed by atoms with Crippen molar-refractivity contribution in [2.24, 2.45) is 0 Å². The first-order chi connectivity index (χ1) is 13.8. The Hall–Kier alpha value is -2.27. The van der Waals surface area contributed by atoms with E-state index in [4.69, 9.17) is 4.52 Å². The van der Waals surface area contributed by atoms with Crippen LogP contribution in [0.25, 0.3) is 0 Å². The van der Waals surface area contributed by atoms with Crippen LogP contribution in [0.4, 0.5) is 0 Å². The SMILES string of the molecule is CCN(CC)C(=O)c1cn(C2CCC(NS(=O)(=O)c3c(C)noc3C)CC2)nn1. The zero-order chi connectivity index (χ0) is 21.2. The second-order valence-corrected chi connectivity index (χ2v) is 8.99. The number of nitrogens with one attached hydrogen (secondary N) is 1. The van der Waals surface area contributed by atoms with Crippen LogP contribution in [0.15, 0.2) is 15.6 Å². The minimum absolute atomic E-state index is 0.0978. The average Bonchev–Trinajstić information content (AvgIpc) is 3.30. The van der Waals surface area contributed by atoms with Gasteiger partial charge in [-0.15, -0.1) is 5.10 Å². The number of carbonyl (C=O) groups excluding carboxylic acids is 1. The molecule has 1 aliphatic carbocycles. The maximum atomic E-state index is 12.7. The van der Waals surface area contributed by atoms with Gasteiger partial charge >= 0.3 is 0 Å². The highest BCUT2D eigenvalue weighted by Crippen LogP contribution is 2.29. The van der Waals surface area contributed by atoms with Crippen molar-refractivity contribution >= 4 is 15.9 Å². The van der Waals surface area contributed by atoms with Gasteiger partial charge in [-0.3, -0.25) is 4.79 Å². The largest absolute Gasteiger partial charge is 0.360 e. The van der Waals surface area contributed by atoms with Crippen LogP contribution in [-0.4, -0.2) is 58.5 Å². The molecule has 0 saturated heterocycles. The predicted octanol–water partition coefficient (Wildman–Crippen LogP) is 1.83. The summed E-state index contributed by atoms with van der Waals surface area (Å²) in [7, 11) is -3.67. The second-order valence-electron chi connectivity index (χ2n) is 7.34. The molecule has 29 heavy (non-hydrogen) atoms. The minimum atomic E-state index is -3.67. The third-order valence-corrected chi connectivity index (χ3v) is 7.17. The Morgan fingerprint density at radius 2 is 1.90 bits per heavy atom. The Kier molecular flexibility index (Phi) is 6.37. The van der Waals surface area contributed by atoms with Gasteiger partial charge in [0, 0.05) is 19.1 Å². The summed E-state index contributed by atoms with van der Waals surface area (Å²) < 4.78 is 34.8. The summed E-state index contributed by atoms with van der Waals surface area (Å²) in [4.78, 5) is 14.2. The van der Waals surface area contributed by atoms with Gasteiger partial charge in [0.2, 0.25) is 10.0 Å². The number of rotatable bonds is 7. The lowest BCUT2D eigenvalue weighted by molar-refractivity contribution is 0.0767. The molecule has 0 aromatic carbocycles. The summed E-state index contributed by atoms with van der Waals surface area (Å²) in [5.74, 6) is 0.166. The van der Waals surface area contributed by atoms with E-state index in [1.807, 2.05) is 13.8 Å². The van der Waals surface area contributed by atoms with Gasteiger partial charge in [-0.2, -0.15) is 0 Å². The van der Waals surface area contributed by atoms with E-state index in [0.29, 0.717) is 37.3 Å². The molecule has 160 valence electrons. The molecule has 1 N–H and O–H groups in total. The fourth-order valence-corrected chi connectivity index (χ4v) is 5.46. The van der Waals surface area contributed by atoms with Gasteiger partial charge < -0.3 is 9.42 Å². The lowest BCUT2D eigenvalue weighted by Gasteiger charge is -2.28. The van der Waals surface area contributed by atoms with E-state index in [9.17, 15) is 13.2 Å². The van der Waals surface area contributed by atoms with Crippen molar-refractivity contribution in [2.45, 2.75) is 70.4 Å². The number of carbonyl (C=O) groups is 1. The molecule has 2 aromatic heterocycles. The second kappa shape index (κ2) is 8.62. The zero-order valence-corrected chi connectivity index (χ0v) is 18.1. The highest BCUT2D eigenvalue weighted by molar-refractivity contribution is 7.89. The quantitative estimate of drug-likeness (QED) is 0.719. The van der Waals surface area contributed by atoms with Crippen LogP contribution in [0.1, 0.15) is 67.5 Å². The van der Waals surface area contributed by atoms with Crippen molar-refractivity contribution in [3.8, 4) is 0 Å². The van der Waals surface area contributed by atoms with Crippen LogP contribution >= 0.6 is 0 Å². The first kappa shape index (κ1) is 21.4. The molecule has 0 bridgehead atoms. The number of hydrogen-bond acceptors (Lipinski definition) is 7. The Morgan fingerprint density at radius 1 is 1.24 bits per heavy atom. The van der Waals surface area contributed by atoms with E-state index >= 15 is 0 Å². The highest BCUT2D eigenvalue weighted by atomic mass is 32.2. The number of sulfonamides is 1. The molecule has 10 nitrogen and oxygen atoms in total. The minimum Gasteiger partial charge on any atom is -0.360 e. The molecule has 0 atom stereocenters. The smallest absolute Gasteiger partial charge is 0.276 e. The summed E-state index contributed by atoms with van der Waals surface area (Å²) in [6.07, 6.45) is 4.53. The summed E-state index contributed by atoms with van der Waals surface area (Å²) in [5, 5.41) is 11.9. The fourth-order valence-electron chi connectivity index (χ4n) is 3.82. The molecule has 0 unspecified atom stereocenters. The molecule has 1 aliphatic rings. The standard InChI is InChI=1S/C18H28N6O4S/c1-5-23(6-2)18(25)16-11-24(22-19-16)15-9-7-14(8-10-15)21-29(26,27)17-12(3)20-28-13(17)4/h11,14-15,21H,5-10H2,1-4H3. The first-order valence-electron chi connectivity index (χ1n) is 9.93. The van der Waals surface area contributed by atoms with Crippen LogP contribution in [0.5, 0.6) is 0 Å². The fraction of sp³-hybridized carbons (Fsp3) is 0.667. The molecular weight excluding hydrogens is 396 g/mol. The molecule has 3 rings (SSSR count). The van der Waals surface area contributed by atoms with Crippen LogP contribution < -0.4 is 4.72 Å². The molecule has 1 saturated carbocycles. The summed E-state index contributed by atoms with van der Waals surface area (Å²) in [6, 6.07) is -0.0641. The lowest BCUT2D eigenvalue weighted by Crippen LogP contribution is -2.38. The lowest BCUT2D eigenvalue weighted by atomic mass is 9.92. The van der Waals surface area contributed by atoms with Crippen LogP contribution in [-0.2, 0) is 10.0 Å². The van der Waals surface area contributed by atoms with Gasteiger partial charge in [0.15, 0.2) is 11.5 Å². The third-order valence-electron chi connectivity index (χ3n) is 5.41. The monoisotopic (exact) mass is 424 g/mol. The maximum Gasteiger partial charge on any atom is 0.276 e. The Balaban J connectivity index is 1.61. The third kappa shape index (κ3) is 4.50. The van der Waals surface area contributed by atoms with Crippen molar-refractivity contribution in [3.63, 3.8) is 0 Å². The van der Waals surface area contributed by atoms with E-state index in [1.165, 1.54) is 0 Å². The van der Waals surface area contributed by atoms with Gasteiger partial charge in [-0.05, 0) is 53.4 Å². The Labute approximate surface area is 170 Å². The Bertz CT molecular complexity index is 935. The van der Waals surface area contributed by atoms with Crippen molar-refractivity contribution in [1.82, 2.24) is 29.8 Å². The molecule has 0 aliphatic heterocycles. The van der Waals surface area contributed by atoms with E-state index in [1.54, 1.807) is 29.6 Å². The van der Waals surface area contributed by atoms with Crippen LogP contribution in [0.2, 0.25) is 0 Å². The number of aromatic nitrogens is 4. The van der Waals surface area contributed by atoms with Gasteiger partial charge in [0.25, 0.3) is 5.91 Å². The van der Waals surface area contributed by atoms with E-state index < -0.39 is 10.0 Å². The van der Waals surface area contributed by atoms with Crippen molar-refractivity contribution in [3.05, 3.63) is 23.3 Å². The molecule has 2 aromatic rings. The van der Waals surface area contributed by atoms with Crippen molar-refractivity contribution < 1.29 is 17.7 Å². The van der Waals surface area contributed by atoms with Gasteiger partial charge in [0.1, 0.15) is 10.6 Å². The number of aryl methyl sites for hydroxylation is 2. The number of amides is 1. The predicted molar refractivity (Wildman–Crippen MR) is 105 cm³/mol. The summed E-state index contributed by atoms with van der Waals surface area (Å²) in [6.45, 7) is 8.31. The average molecular weight is 425 g/mol. The van der Waals surface area contributed by atoms with Crippen molar-refractivity contribution in [2.75, 3.05) is 13.1 Å². The maximum absolute atomic E-state index is 12.7. The highest BCUT2D eigenvalue weighted by Gasteiger charge is 2.30. The normalized spacial score (nSPS) is 20.0. The number of hydrogen-bond donors (Lipinski definition) is 1. The van der Waals surface area contributed by atoms with E-state index in [-0.39, 0.29) is 28.6 Å². The molecule has 11 heteroatoms. The topological polar surface area (TPSA) is 123 Å². The van der Waals surface area contributed by atoms with E-state index in [2.05, 4.69) is 20.2 Å². The van der Waals surface area contributed by atoms with Gasteiger partial charge in [0.05, 0.1) is 12.2 Å². The Morgan fingerprint density at radius 3 is 2.45 bits per heavy atom. The van der Waals surface area contributed by atoms with Gasteiger partial charge in [-0.1, -0.05) is 10.4 Å². The van der Waals surface area contributed by atoms with Crippen molar-refractivity contribution in [1.29, 1.82) is 0 Å². The molecule has 0 radical (unpaired) electrons. The molecule has 1 fully saturated rings. The molecule has 1 amide bonds. The first-order valence-corrected chi connectivity index (χ1v) is 11.4. The molecule has 2 heterocycles. The summed E-state index contributed by atoms with van der Waals surface area (Å²) in [5.41, 5.74) is 0.701. The van der Waals surface area contributed by atoms with Gasteiger partial charge in [-0.25, -0.2) is 17.8 Å². The summed E-state index contributed by atoms with van der Waals surface area (Å²) >= 11 is 0. The van der Waals surface area contributed by atoms with E-state index in [0.717, 1.165) is 12.8 Å². The van der Waals surface area contributed by atoms with Crippen LogP contribution in [0.3, 0.4) is 0 Å². The molecule has 0 spiro atoms.